The third-order valence-electron chi connectivity index (χ3n) is 3.36. The molecule has 0 amide bonds. The van der Waals surface area contributed by atoms with E-state index in [4.69, 9.17) is 0 Å². The van der Waals surface area contributed by atoms with E-state index in [9.17, 15) is 0 Å². The first-order valence-corrected chi connectivity index (χ1v) is 9.16. The first kappa shape index (κ1) is 15.2. The largest absolute Gasteiger partial charge is 0.377 e. The van der Waals surface area contributed by atoms with Crippen LogP contribution in [0, 0.1) is 0 Å². The van der Waals surface area contributed by atoms with Gasteiger partial charge >= 0.3 is 0 Å². The van der Waals surface area contributed by atoms with Crippen molar-refractivity contribution >= 4 is 40.4 Å². The lowest BCUT2D eigenvalue weighted by atomic mass is 10.2. The summed E-state index contributed by atoms with van der Waals surface area (Å²) in [5, 5.41) is 0.911. The molecule has 0 aliphatic rings. The van der Waals surface area contributed by atoms with Crippen molar-refractivity contribution in [3.63, 3.8) is 0 Å². The standard InChI is InChI=1S/C16H18N4S2/c1-20(2)14-7-5-4-6-11(14)10-22-16-18-13-8-12(21-3)9-17-15(13)19-16/h4-9H,10H2,1-3H3,(H,17,18,19). The van der Waals surface area contributed by atoms with Crippen molar-refractivity contribution in [2.24, 2.45) is 0 Å². The Morgan fingerprint density at radius 3 is 2.82 bits per heavy atom. The fourth-order valence-electron chi connectivity index (χ4n) is 2.25. The second-order valence-electron chi connectivity index (χ2n) is 5.10. The molecule has 1 aromatic carbocycles. The number of fused-ring (bicyclic) bond motifs is 1. The summed E-state index contributed by atoms with van der Waals surface area (Å²) in [6.07, 6.45) is 3.91. The van der Waals surface area contributed by atoms with Crippen LogP contribution in [0.1, 0.15) is 5.56 Å². The number of hydrogen-bond donors (Lipinski definition) is 1. The maximum Gasteiger partial charge on any atom is 0.178 e. The quantitative estimate of drug-likeness (QED) is 0.715. The van der Waals surface area contributed by atoms with Gasteiger partial charge in [-0.05, 0) is 24.0 Å². The van der Waals surface area contributed by atoms with Gasteiger partial charge in [0.25, 0.3) is 0 Å². The smallest absolute Gasteiger partial charge is 0.178 e. The molecule has 0 bridgehead atoms. The second kappa shape index (κ2) is 6.62. The van der Waals surface area contributed by atoms with E-state index in [0.29, 0.717) is 0 Å². The minimum Gasteiger partial charge on any atom is -0.377 e. The van der Waals surface area contributed by atoms with Gasteiger partial charge in [-0.1, -0.05) is 30.0 Å². The lowest BCUT2D eigenvalue weighted by Crippen LogP contribution is -2.10. The van der Waals surface area contributed by atoms with Gasteiger partial charge < -0.3 is 9.88 Å². The number of thioether (sulfide) groups is 2. The van der Waals surface area contributed by atoms with Gasteiger partial charge in [0.1, 0.15) is 0 Å². The van der Waals surface area contributed by atoms with E-state index in [1.807, 2.05) is 12.5 Å². The number of aromatic amines is 1. The molecule has 0 atom stereocenters. The molecule has 0 fully saturated rings. The summed E-state index contributed by atoms with van der Waals surface area (Å²) < 4.78 is 0. The zero-order valence-electron chi connectivity index (χ0n) is 12.8. The van der Waals surface area contributed by atoms with E-state index in [2.05, 4.69) is 64.3 Å². The van der Waals surface area contributed by atoms with Crippen LogP contribution in [0.3, 0.4) is 0 Å². The third kappa shape index (κ3) is 3.23. The van der Waals surface area contributed by atoms with Gasteiger partial charge in [-0.25, -0.2) is 9.97 Å². The molecule has 4 nitrogen and oxygen atoms in total. The maximum atomic E-state index is 4.55. The molecule has 0 unspecified atom stereocenters. The second-order valence-corrected chi connectivity index (χ2v) is 6.94. The number of hydrogen-bond acceptors (Lipinski definition) is 5. The normalized spacial score (nSPS) is 11.0. The van der Waals surface area contributed by atoms with Crippen LogP contribution in [0.15, 0.2) is 46.6 Å². The first-order valence-electron chi connectivity index (χ1n) is 6.95. The molecule has 0 aliphatic carbocycles. The summed E-state index contributed by atoms with van der Waals surface area (Å²) in [7, 11) is 4.14. The molecule has 2 heterocycles. The number of H-pyrrole nitrogens is 1. The fourth-order valence-corrected chi connectivity index (χ4v) is 3.52. The Morgan fingerprint density at radius 2 is 2.05 bits per heavy atom. The Hall–Kier alpha value is -1.66. The summed E-state index contributed by atoms with van der Waals surface area (Å²) in [5.74, 6) is 0.879. The zero-order valence-corrected chi connectivity index (χ0v) is 14.5. The van der Waals surface area contributed by atoms with Gasteiger partial charge in [0.15, 0.2) is 10.8 Å². The average Bonchev–Trinajstić information content (AvgIpc) is 2.94. The summed E-state index contributed by atoms with van der Waals surface area (Å²) >= 11 is 3.39. The Bertz CT molecular complexity index is 783. The Labute approximate surface area is 138 Å². The van der Waals surface area contributed by atoms with Crippen LogP contribution in [-0.4, -0.2) is 35.3 Å². The van der Waals surface area contributed by atoms with E-state index in [1.165, 1.54) is 11.3 Å². The lowest BCUT2D eigenvalue weighted by molar-refractivity contribution is 1.07. The van der Waals surface area contributed by atoms with E-state index < -0.39 is 0 Å². The number of anilines is 1. The Kier molecular flexibility index (Phi) is 4.59. The van der Waals surface area contributed by atoms with Gasteiger partial charge in [-0.3, -0.25) is 0 Å². The molecule has 0 aliphatic heterocycles. The van der Waals surface area contributed by atoms with Crippen molar-refractivity contribution in [3.8, 4) is 0 Å². The summed E-state index contributed by atoms with van der Waals surface area (Å²) in [5.41, 5.74) is 4.32. The number of benzene rings is 1. The van der Waals surface area contributed by atoms with Gasteiger partial charge in [-0.2, -0.15) is 0 Å². The zero-order chi connectivity index (χ0) is 15.5. The number of nitrogens with zero attached hydrogens (tertiary/aromatic N) is 3. The predicted octanol–water partition coefficient (Wildman–Crippen LogP) is 4.04. The van der Waals surface area contributed by atoms with E-state index in [1.54, 1.807) is 23.5 Å². The number of imidazole rings is 1. The highest BCUT2D eigenvalue weighted by Crippen LogP contribution is 2.28. The lowest BCUT2D eigenvalue weighted by Gasteiger charge is -2.16. The SMILES string of the molecule is CSc1cnc2nc(SCc3ccccc3N(C)C)[nH]c2c1. The Morgan fingerprint density at radius 1 is 1.23 bits per heavy atom. The molecule has 3 rings (SSSR count). The average molecular weight is 330 g/mol. The molecule has 114 valence electrons. The molecule has 0 radical (unpaired) electrons. The predicted molar refractivity (Wildman–Crippen MR) is 96.0 cm³/mol. The van der Waals surface area contributed by atoms with Crippen LogP contribution in [0.25, 0.3) is 11.2 Å². The van der Waals surface area contributed by atoms with Crippen molar-refractivity contribution < 1.29 is 0 Å². The van der Waals surface area contributed by atoms with Gasteiger partial charge in [0.2, 0.25) is 0 Å². The number of rotatable bonds is 5. The van der Waals surface area contributed by atoms with E-state index >= 15 is 0 Å². The molecule has 2 aromatic heterocycles. The number of aromatic nitrogens is 3. The molecule has 6 heteroatoms. The van der Waals surface area contributed by atoms with Gasteiger partial charge in [0.05, 0.1) is 5.52 Å². The van der Waals surface area contributed by atoms with E-state index in [0.717, 1.165) is 27.0 Å². The van der Waals surface area contributed by atoms with Crippen molar-refractivity contribution in [1.82, 2.24) is 15.0 Å². The molecule has 3 aromatic rings. The van der Waals surface area contributed by atoms with Crippen molar-refractivity contribution in [2.75, 3.05) is 25.3 Å². The minimum atomic E-state index is 0.779. The van der Waals surface area contributed by atoms with Crippen molar-refractivity contribution in [1.29, 1.82) is 0 Å². The van der Waals surface area contributed by atoms with Gasteiger partial charge in [0, 0.05) is 36.6 Å². The van der Waals surface area contributed by atoms with Crippen LogP contribution in [-0.2, 0) is 5.75 Å². The van der Waals surface area contributed by atoms with Crippen LogP contribution in [0.2, 0.25) is 0 Å². The van der Waals surface area contributed by atoms with Crippen LogP contribution >= 0.6 is 23.5 Å². The monoisotopic (exact) mass is 330 g/mol. The molecule has 0 spiro atoms. The van der Waals surface area contributed by atoms with Crippen LogP contribution in [0.4, 0.5) is 5.69 Å². The minimum absolute atomic E-state index is 0.779. The van der Waals surface area contributed by atoms with Gasteiger partial charge in [-0.15, -0.1) is 11.8 Å². The summed E-state index contributed by atoms with van der Waals surface area (Å²) in [4.78, 5) is 15.6. The molecular formula is C16H18N4S2. The van der Waals surface area contributed by atoms with Crippen LogP contribution < -0.4 is 4.90 Å². The molecular weight excluding hydrogens is 312 g/mol. The molecule has 1 N–H and O–H groups in total. The van der Waals surface area contributed by atoms with Crippen molar-refractivity contribution in [3.05, 3.63) is 42.1 Å². The highest BCUT2D eigenvalue weighted by atomic mass is 32.2. The summed E-state index contributed by atoms with van der Waals surface area (Å²) in [6.45, 7) is 0. The molecule has 0 saturated heterocycles. The fraction of sp³-hybridized carbons (Fsp3) is 0.250. The van der Waals surface area contributed by atoms with E-state index in [-0.39, 0.29) is 0 Å². The highest BCUT2D eigenvalue weighted by molar-refractivity contribution is 7.98. The first-order chi connectivity index (χ1) is 10.7. The van der Waals surface area contributed by atoms with Crippen molar-refractivity contribution in [2.45, 2.75) is 15.8 Å². The molecule has 0 saturated carbocycles. The van der Waals surface area contributed by atoms with Crippen LogP contribution in [0.5, 0.6) is 0 Å². The third-order valence-corrected chi connectivity index (χ3v) is 4.98. The Balaban J connectivity index is 1.79. The number of para-hydroxylation sites is 1. The number of pyridine rings is 1. The maximum absolute atomic E-state index is 4.55. The molecule has 22 heavy (non-hydrogen) atoms. The highest BCUT2D eigenvalue weighted by Gasteiger charge is 2.08. The topological polar surface area (TPSA) is 44.8 Å². The summed E-state index contributed by atoms with van der Waals surface area (Å²) in [6, 6.07) is 10.5. The number of nitrogens with one attached hydrogen (secondary N) is 1.